The highest BCUT2D eigenvalue weighted by Gasteiger charge is 2.19. The van der Waals surface area contributed by atoms with Gasteiger partial charge < -0.3 is 4.42 Å². The Hall–Kier alpha value is -2.39. The maximum Gasteiger partial charge on any atom is 0.144 e. The maximum absolute atomic E-state index is 6.21. The minimum atomic E-state index is -1.35. The molecule has 0 aliphatic heterocycles. The molecule has 0 saturated heterocycles. The summed E-state index contributed by atoms with van der Waals surface area (Å²) in [5.74, 6) is 0. The fourth-order valence-electron chi connectivity index (χ4n) is 3.09. The van der Waals surface area contributed by atoms with Gasteiger partial charge in [-0.05, 0) is 30.7 Å². The fourth-order valence-corrected chi connectivity index (χ4v) is 4.25. The molecule has 120 valence electrons. The van der Waals surface area contributed by atoms with Gasteiger partial charge in [0.1, 0.15) is 11.2 Å². The largest absolute Gasteiger partial charge is 0.455 e. The molecule has 2 nitrogen and oxygen atoms in total. The van der Waals surface area contributed by atoms with Gasteiger partial charge in [0.05, 0.1) is 13.8 Å². The number of rotatable bonds is 2. The van der Waals surface area contributed by atoms with E-state index >= 15 is 0 Å². The molecule has 0 saturated carbocycles. The first-order valence-corrected chi connectivity index (χ1v) is 11.8. The van der Waals surface area contributed by atoms with Gasteiger partial charge >= 0.3 is 0 Å². The van der Waals surface area contributed by atoms with Gasteiger partial charge in [-0.3, -0.25) is 4.98 Å². The number of nitrogens with zero attached hydrogens (tertiary/aromatic N) is 1. The molecule has 0 atom stereocenters. The first-order valence-electron chi connectivity index (χ1n) is 8.32. The quantitative estimate of drug-likeness (QED) is 0.453. The summed E-state index contributed by atoms with van der Waals surface area (Å²) in [4.78, 5) is 4.57. The number of fused-ring (bicyclic) bond motifs is 3. The van der Waals surface area contributed by atoms with Crippen molar-refractivity contribution in [1.82, 2.24) is 4.98 Å². The van der Waals surface area contributed by atoms with Crippen molar-refractivity contribution in [2.75, 3.05) is 0 Å². The second kappa shape index (κ2) is 5.31. The Balaban J connectivity index is 2.00. The minimum Gasteiger partial charge on any atom is -0.455 e. The monoisotopic (exact) mass is 331 g/mol. The molecule has 0 N–H and O–H groups in total. The van der Waals surface area contributed by atoms with E-state index in [1.165, 1.54) is 16.0 Å². The number of furan rings is 1. The first kappa shape index (κ1) is 15.2. The summed E-state index contributed by atoms with van der Waals surface area (Å²) in [6, 6.07) is 17.1. The van der Waals surface area contributed by atoms with Crippen molar-refractivity contribution < 1.29 is 4.42 Å². The van der Waals surface area contributed by atoms with Crippen molar-refractivity contribution in [3.05, 3.63) is 60.3 Å². The Kier molecular flexibility index (Phi) is 3.36. The van der Waals surface area contributed by atoms with Crippen molar-refractivity contribution in [2.45, 2.75) is 26.6 Å². The number of aryl methyl sites for hydroxylation is 1. The van der Waals surface area contributed by atoms with Crippen LogP contribution in [-0.4, -0.2) is 13.1 Å². The van der Waals surface area contributed by atoms with Crippen LogP contribution in [0.3, 0.4) is 0 Å². The van der Waals surface area contributed by atoms with Gasteiger partial charge in [-0.1, -0.05) is 55.2 Å². The Morgan fingerprint density at radius 1 is 0.917 bits per heavy atom. The number of pyridine rings is 1. The van der Waals surface area contributed by atoms with Gasteiger partial charge in [0.15, 0.2) is 0 Å². The van der Waals surface area contributed by atoms with Gasteiger partial charge in [-0.25, -0.2) is 0 Å². The third kappa shape index (κ3) is 2.45. The Labute approximate surface area is 143 Å². The summed E-state index contributed by atoms with van der Waals surface area (Å²) in [6.45, 7) is 9.17. The average molecular weight is 331 g/mol. The molecular weight excluding hydrogens is 310 g/mol. The van der Waals surface area contributed by atoms with Crippen LogP contribution in [0.25, 0.3) is 33.2 Å². The van der Waals surface area contributed by atoms with Crippen LogP contribution < -0.4 is 5.19 Å². The molecule has 4 aromatic rings. The predicted octanol–water partition coefficient (Wildman–Crippen LogP) is 5.50. The highest BCUT2D eigenvalue weighted by Crippen LogP contribution is 2.34. The molecule has 0 radical (unpaired) electrons. The van der Waals surface area contributed by atoms with Crippen LogP contribution in [0.4, 0.5) is 0 Å². The molecule has 24 heavy (non-hydrogen) atoms. The van der Waals surface area contributed by atoms with Crippen LogP contribution in [0, 0.1) is 6.92 Å². The van der Waals surface area contributed by atoms with E-state index in [1.807, 2.05) is 6.20 Å². The Morgan fingerprint density at radius 2 is 1.75 bits per heavy atom. The molecule has 2 aromatic heterocycles. The third-order valence-electron chi connectivity index (χ3n) is 4.55. The molecule has 0 bridgehead atoms. The third-order valence-corrected chi connectivity index (χ3v) is 6.59. The number of aromatic nitrogens is 1. The van der Waals surface area contributed by atoms with Crippen molar-refractivity contribution in [1.29, 1.82) is 0 Å². The number of hydrogen-bond acceptors (Lipinski definition) is 2. The van der Waals surface area contributed by atoms with Crippen molar-refractivity contribution >= 4 is 35.2 Å². The average Bonchev–Trinajstić information content (AvgIpc) is 2.93. The van der Waals surface area contributed by atoms with Crippen LogP contribution in [0.1, 0.15) is 5.56 Å². The van der Waals surface area contributed by atoms with E-state index in [2.05, 4.69) is 80.1 Å². The van der Waals surface area contributed by atoms with Crippen LogP contribution in [-0.2, 0) is 0 Å². The van der Waals surface area contributed by atoms with Gasteiger partial charge in [0, 0.05) is 22.5 Å². The summed E-state index contributed by atoms with van der Waals surface area (Å²) < 4.78 is 6.21. The van der Waals surface area contributed by atoms with E-state index in [9.17, 15) is 0 Å². The van der Waals surface area contributed by atoms with Crippen LogP contribution in [0.2, 0.25) is 19.6 Å². The summed E-state index contributed by atoms with van der Waals surface area (Å²) >= 11 is 0. The van der Waals surface area contributed by atoms with Gasteiger partial charge in [0.2, 0.25) is 0 Å². The molecule has 0 unspecified atom stereocenters. The van der Waals surface area contributed by atoms with E-state index in [4.69, 9.17) is 4.42 Å². The van der Waals surface area contributed by atoms with Crippen molar-refractivity contribution in [3.8, 4) is 11.3 Å². The molecule has 0 amide bonds. The zero-order chi connectivity index (χ0) is 16.9. The van der Waals surface area contributed by atoms with Gasteiger partial charge in [-0.15, -0.1) is 0 Å². The second-order valence-corrected chi connectivity index (χ2v) is 12.5. The number of benzene rings is 2. The van der Waals surface area contributed by atoms with E-state index in [0.717, 1.165) is 28.0 Å². The van der Waals surface area contributed by atoms with Crippen LogP contribution in [0.15, 0.2) is 59.1 Å². The molecule has 3 heteroatoms. The molecule has 0 fully saturated rings. The summed E-state index contributed by atoms with van der Waals surface area (Å²) in [7, 11) is -1.35. The maximum atomic E-state index is 6.21. The summed E-state index contributed by atoms with van der Waals surface area (Å²) in [5, 5.41) is 3.83. The topological polar surface area (TPSA) is 26.0 Å². The highest BCUT2D eigenvalue weighted by atomic mass is 28.3. The van der Waals surface area contributed by atoms with Crippen molar-refractivity contribution in [2.24, 2.45) is 0 Å². The normalized spacial score (nSPS) is 12.2. The summed E-state index contributed by atoms with van der Waals surface area (Å²) in [6.07, 6.45) is 1.90. The Morgan fingerprint density at radius 3 is 2.46 bits per heavy atom. The van der Waals surface area contributed by atoms with E-state index < -0.39 is 8.07 Å². The lowest BCUT2D eigenvalue weighted by Crippen LogP contribution is -2.37. The lowest BCUT2D eigenvalue weighted by atomic mass is 10.1. The molecular formula is C21H21NOSi. The lowest BCUT2D eigenvalue weighted by molar-refractivity contribution is 0.670. The summed E-state index contributed by atoms with van der Waals surface area (Å²) in [5.41, 5.74) is 5.05. The van der Waals surface area contributed by atoms with E-state index in [1.54, 1.807) is 0 Å². The lowest BCUT2D eigenvalue weighted by Gasteiger charge is -2.16. The number of para-hydroxylation sites is 1. The van der Waals surface area contributed by atoms with Crippen molar-refractivity contribution in [3.63, 3.8) is 0 Å². The number of hydrogen-bond donors (Lipinski definition) is 0. The molecule has 0 aliphatic carbocycles. The Bertz CT molecular complexity index is 1040. The zero-order valence-electron chi connectivity index (χ0n) is 14.6. The molecule has 2 heterocycles. The van der Waals surface area contributed by atoms with E-state index in [-0.39, 0.29) is 0 Å². The molecule has 4 rings (SSSR count). The fraction of sp³-hybridized carbons (Fsp3) is 0.190. The predicted molar refractivity (Wildman–Crippen MR) is 105 cm³/mol. The molecule has 2 aromatic carbocycles. The molecule has 0 spiro atoms. The first-order chi connectivity index (χ1) is 11.4. The van der Waals surface area contributed by atoms with Crippen LogP contribution in [0.5, 0.6) is 0 Å². The smallest absolute Gasteiger partial charge is 0.144 e. The zero-order valence-corrected chi connectivity index (χ0v) is 15.6. The standard InChI is InChI=1S/C21H21NOSi/c1-14-8-10-19(22-13-14)17-7-5-6-16-18-12-15(24(2,3)4)9-11-20(18)23-21(16)17/h5-13H,1-4H3. The minimum absolute atomic E-state index is 0.927. The van der Waals surface area contributed by atoms with Crippen LogP contribution >= 0.6 is 0 Å². The van der Waals surface area contributed by atoms with Gasteiger partial charge in [-0.2, -0.15) is 0 Å². The van der Waals surface area contributed by atoms with E-state index in [0.29, 0.717) is 0 Å². The van der Waals surface area contributed by atoms with Gasteiger partial charge in [0.25, 0.3) is 0 Å². The SMILES string of the molecule is Cc1ccc(-c2cccc3c2oc2ccc([Si](C)(C)C)cc23)nc1. The highest BCUT2D eigenvalue weighted by molar-refractivity contribution is 6.88. The second-order valence-electron chi connectivity index (χ2n) is 7.47. The molecule has 0 aliphatic rings.